The lowest BCUT2D eigenvalue weighted by atomic mass is 10.2. The third kappa shape index (κ3) is 4.50. The molecule has 35 heavy (non-hydrogen) atoms. The smallest absolute Gasteiger partial charge is 0.281 e. The number of nitrogens with zero attached hydrogens (tertiary/aromatic N) is 8. The molecule has 3 heterocycles. The van der Waals surface area contributed by atoms with Crippen LogP contribution in [0.5, 0.6) is 0 Å². The lowest BCUT2D eigenvalue weighted by molar-refractivity contribution is -0.385. The third-order valence-electron chi connectivity index (χ3n) is 5.21. The van der Waals surface area contributed by atoms with Crippen LogP contribution in [0.2, 0.25) is 0 Å². The predicted molar refractivity (Wildman–Crippen MR) is 128 cm³/mol. The molecule has 1 aromatic carbocycles. The molecule has 0 amide bonds. The van der Waals surface area contributed by atoms with Crippen LogP contribution in [0.25, 0.3) is 5.52 Å². The topological polar surface area (TPSA) is 150 Å². The van der Waals surface area contributed by atoms with Crippen molar-refractivity contribution in [3.8, 4) is 6.07 Å². The quantitative estimate of drug-likeness (QED) is 0.218. The first-order valence-corrected chi connectivity index (χ1v) is 11.5. The van der Waals surface area contributed by atoms with Crippen LogP contribution in [-0.4, -0.2) is 52.7 Å². The molecule has 176 valence electrons. The van der Waals surface area contributed by atoms with Crippen LogP contribution < -0.4 is 4.90 Å². The predicted octanol–water partition coefficient (Wildman–Crippen LogP) is 2.93. The first-order valence-electron chi connectivity index (χ1n) is 10.0. The summed E-state index contributed by atoms with van der Waals surface area (Å²) in [6, 6.07) is 12.2. The Hall–Kier alpha value is -4.83. The Bertz CT molecular complexity index is 1590. The van der Waals surface area contributed by atoms with Gasteiger partial charge in [-0.15, -0.1) is 0 Å². The van der Waals surface area contributed by atoms with E-state index in [-0.39, 0.29) is 16.3 Å². The van der Waals surface area contributed by atoms with Gasteiger partial charge in [0.15, 0.2) is 0 Å². The van der Waals surface area contributed by atoms with Crippen molar-refractivity contribution < 1.29 is 13.3 Å². The molecule has 12 nitrogen and oxygen atoms in total. The van der Waals surface area contributed by atoms with Crippen LogP contribution in [0.4, 0.5) is 17.1 Å². The number of non-ortho nitro benzene ring substituents is 1. The van der Waals surface area contributed by atoms with E-state index in [0.29, 0.717) is 22.3 Å². The Morgan fingerprint density at radius 1 is 1.20 bits per heavy atom. The van der Waals surface area contributed by atoms with Crippen molar-refractivity contribution >= 4 is 38.8 Å². The molecule has 0 aliphatic heterocycles. The average molecular weight is 491 g/mol. The third-order valence-corrected chi connectivity index (χ3v) is 6.89. The Balaban J connectivity index is 1.75. The Morgan fingerprint density at radius 3 is 2.69 bits per heavy atom. The maximum Gasteiger partial charge on any atom is 0.281 e. The summed E-state index contributed by atoms with van der Waals surface area (Å²) in [5.41, 5.74) is 1.87. The molecule has 13 heteroatoms. The molecule has 0 fully saturated rings. The molecule has 4 rings (SSSR count). The second kappa shape index (κ2) is 9.20. The van der Waals surface area contributed by atoms with E-state index in [9.17, 15) is 18.5 Å². The van der Waals surface area contributed by atoms with Crippen LogP contribution in [0.3, 0.4) is 0 Å². The molecule has 0 aliphatic rings. The zero-order valence-corrected chi connectivity index (χ0v) is 19.4. The van der Waals surface area contributed by atoms with Gasteiger partial charge >= 0.3 is 0 Å². The molecule has 0 saturated carbocycles. The summed E-state index contributed by atoms with van der Waals surface area (Å²) in [7, 11) is -1.45. The number of hydrogen-bond donors (Lipinski definition) is 0. The number of nitro benzene ring substituents is 1. The largest absolute Gasteiger partial charge is 0.342 e. The summed E-state index contributed by atoms with van der Waals surface area (Å²) in [6.07, 6.45) is 7.50. The van der Waals surface area contributed by atoms with E-state index in [2.05, 4.69) is 15.2 Å². The highest BCUT2D eigenvalue weighted by Crippen LogP contribution is 2.34. The molecule has 0 bridgehead atoms. The maximum atomic E-state index is 13.5. The standard InChI is InChI=1S/C22H18N8O4S/c1-27(19-4-3-8-24-15-19)20-6-5-18(30(31)32)11-22(20)35(33,34)28(2)25-13-17-14-26-29-9-7-16(12-23)10-21(17)29/h3-11,13-15H,1-2H3. The molecular formula is C22H18N8O4S. The van der Waals surface area contributed by atoms with Gasteiger partial charge in [0.2, 0.25) is 0 Å². The van der Waals surface area contributed by atoms with Crippen molar-refractivity contribution in [2.24, 2.45) is 5.10 Å². The number of benzene rings is 1. The van der Waals surface area contributed by atoms with Crippen LogP contribution >= 0.6 is 0 Å². The van der Waals surface area contributed by atoms with Crippen molar-refractivity contribution in [1.29, 1.82) is 5.26 Å². The molecule has 0 N–H and O–H groups in total. The Labute approximate surface area is 200 Å². The minimum atomic E-state index is -4.31. The van der Waals surface area contributed by atoms with E-state index in [1.807, 2.05) is 6.07 Å². The molecule has 0 spiro atoms. The fourth-order valence-electron chi connectivity index (χ4n) is 3.31. The first kappa shape index (κ1) is 23.3. The number of fused-ring (bicyclic) bond motifs is 1. The highest BCUT2D eigenvalue weighted by atomic mass is 32.2. The van der Waals surface area contributed by atoms with Gasteiger partial charge in [0.05, 0.1) is 52.1 Å². The second-order valence-corrected chi connectivity index (χ2v) is 9.24. The minimum absolute atomic E-state index is 0.209. The number of sulfonamides is 1. The summed E-state index contributed by atoms with van der Waals surface area (Å²) in [4.78, 5) is 16.0. The van der Waals surface area contributed by atoms with E-state index in [1.54, 1.807) is 54.8 Å². The number of aromatic nitrogens is 3. The van der Waals surface area contributed by atoms with E-state index in [0.717, 1.165) is 10.5 Å². The van der Waals surface area contributed by atoms with E-state index in [1.165, 1.54) is 36.1 Å². The summed E-state index contributed by atoms with van der Waals surface area (Å²) in [5, 5.41) is 28.7. The van der Waals surface area contributed by atoms with Gasteiger partial charge in [-0.3, -0.25) is 15.1 Å². The molecule has 0 radical (unpaired) electrons. The highest BCUT2D eigenvalue weighted by Gasteiger charge is 2.28. The van der Waals surface area contributed by atoms with E-state index >= 15 is 0 Å². The second-order valence-electron chi connectivity index (χ2n) is 7.32. The van der Waals surface area contributed by atoms with E-state index < -0.39 is 14.9 Å². The van der Waals surface area contributed by atoms with Gasteiger partial charge in [-0.1, -0.05) is 0 Å². The van der Waals surface area contributed by atoms with Gasteiger partial charge in [-0.2, -0.15) is 28.3 Å². The molecule has 4 aromatic rings. The number of hydrogen-bond acceptors (Lipinski definition) is 9. The average Bonchev–Trinajstić information content (AvgIpc) is 3.28. The van der Waals surface area contributed by atoms with Crippen molar-refractivity contribution in [2.45, 2.75) is 4.90 Å². The minimum Gasteiger partial charge on any atom is -0.342 e. The molecule has 3 aromatic heterocycles. The van der Waals surface area contributed by atoms with Gasteiger partial charge in [-0.25, -0.2) is 4.52 Å². The van der Waals surface area contributed by atoms with Crippen molar-refractivity contribution in [3.63, 3.8) is 0 Å². The Kier molecular flexibility index (Phi) is 6.13. The summed E-state index contributed by atoms with van der Waals surface area (Å²) >= 11 is 0. The number of nitro groups is 1. The molecule has 0 saturated heterocycles. The maximum absolute atomic E-state index is 13.5. The van der Waals surface area contributed by atoms with Gasteiger partial charge in [0, 0.05) is 44.2 Å². The molecule has 0 unspecified atom stereocenters. The van der Waals surface area contributed by atoms with Crippen LogP contribution in [0, 0.1) is 21.4 Å². The molecule has 0 atom stereocenters. The van der Waals surface area contributed by atoms with Crippen molar-refractivity contribution in [2.75, 3.05) is 19.0 Å². The zero-order chi connectivity index (χ0) is 25.2. The fraction of sp³-hybridized carbons (Fsp3) is 0.0909. The van der Waals surface area contributed by atoms with Crippen LogP contribution in [0.1, 0.15) is 11.1 Å². The summed E-state index contributed by atoms with van der Waals surface area (Å²) < 4.78 is 29.2. The number of nitriles is 1. The number of pyridine rings is 2. The number of hydrazone groups is 1. The number of anilines is 2. The highest BCUT2D eigenvalue weighted by molar-refractivity contribution is 7.89. The van der Waals surface area contributed by atoms with Gasteiger partial charge in [0.25, 0.3) is 15.7 Å². The zero-order valence-electron chi connectivity index (χ0n) is 18.5. The van der Waals surface area contributed by atoms with Gasteiger partial charge < -0.3 is 4.90 Å². The van der Waals surface area contributed by atoms with Crippen LogP contribution in [0.15, 0.2) is 77.2 Å². The van der Waals surface area contributed by atoms with Crippen LogP contribution in [-0.2, 0) is 10.0 Å². The summed E-state index contributed by atoms with van der Waals surface area (Å²) in [5.74, 6) is 0. The van der Waals surface area contributed by atoms with Gasteiger partial charge in [-0.05, 0) is 30.3 Å². The normalized spacial score (nSPS) is 11.5. The monoisotopic (exact) mass is 490 g/mol. The van der Waals surface area contributed by atoms with E-state index in [4.69, 9.17) is 5.26 Å². The van der Waals surface area contributed by atoms with Crippen molar-refractivity contribution in [1.82, 2.24) is 19.0 Å². The van der Waals surface area contributed by atoms with Gasteiger partial charge in [0.1, 0.15) is 4.90 Å². The summed E-state index contributed by atoms with van der Waals surface area (Å²) in [6.45, 7) is 0. The Morgan fingerprint density at radius 2 is 2.00 bits per heavy atom. The SMILES string of the molecule is CN(c1cccnc1)c1ccc([N+](=O)[O-])cc1S(=O)(=O)N(C)N=Cc1cnn2ccc(C#N)cc12. The molecular weight excluding hydrogens is 472 g/mol. The lowest BCUT2D eigenvalue weighted by Gasteiger charge is -2.23. The van der Waals surface area contributed by atoms with Crippen molar-refractivity contribution in [3.05, 3.63) is 88.5 Å². The lowest BCUT2D eigenvalue weighted by Crippen LogP contribution is -2.24. The first-order chi connectivity index (χ1) is 16.7. The molecule has 0 aliphatic carbocycles. The fourth-order valence-corrected chi connectivity index (χ4v) is 4.50. The number of rotatable bonds is 7.